The van der Waals surface area contributed by atoms with Crippen LogP contribution in [0.4, 0.5) is 11.1 Å². The molecule has 3 rings (SSSR count). The number of nitrogens with one attached hydrogen (secondary N) is 1. The van der Waals surface area contributed by atoms with Gasteiger partial charge in [-0.1, -0.05) is 6.92 Å². The molecule has 1 saturated heterocycles. The minimum atomic E-state index is -0.251. The Kier molecular flexibility index (Phi) is 5.02. The standard InChI is InChI=1S/C15H19N5O2S/c1-2-11-9-13(19-14(17-11)20-6-3-4-7-20)22-10-12(21)18-15-16-5-8-23-15/h5,8-9H,2-4,6-7,10H2,1H3,(H,16,18,21). The van der Waals surface area contributed by atoms with Crippen LogP contribution in [-0.4, -0.2) is 40.6 Å². The second-order valence-corrected chi connectivity index (χ2v) is 6.11. The molecule has 1 fully saturated rings. The summed E-state index contributed by atoms with van der Waals surface area (Å²) in [6.07, 6.45) is 4.75. The lowest BCUT2D eigenvalue weighted by molar-refractivity contribution is -0.118. The van der Waals surface area contributed by atoms with E-state index in [1.54, 1.807) is 17.6 Å². The van der Waals surface area contributed by atoms with Crippen LogP contribution in [0.5, 0.6) is 5.88 Å². The van der Waals surface area contributed by atoms with Gasteiger partial charge in [0.15, 0.2) is 11.7 Å². The predicted molar refractivity (Wildman–Crippen MR) is 89.1 cm³/mol. The number of aryl methyl sites for hydroxylation is 1. The van der Waals surface area contributed by atoms with Crippen molar-refractivity contribution in [2.45, 2.75) is 26.2 Å². The Hall–Kier alpha value is -2.22. The van der Waals surface area contributed by atoms with E-state index in [4.69, 9.17) is 4.74 Å². The molecule has 1 aliphatic rings. The Bertz CT molecular complexity index is 656. The van der Waals surface area contributed by atoms with Crippen molar-refractivity contribution in [2.75, 3.05) is 29.9 Å². The lowest BCUT2D eigenvalue weighted by Crippen LogP contribution is -2.23. The molecule has 1 N–H and O–H groups in total. The third-order valence-electron chi connectivity index (χ3n) is 3.52. The van der Waals surface area contributed by atoms with Gasteiger partial charge in [0, 0.05) is 36.4 Å². The van der Waals surface area contributed by atoms with Gasteiger partial charge in [0.1, 0.15) is 0 Å². The largest absolute Gasteiger partial charge is 0.467 e. The van der Waals surface area contributed by atoms with Gasteiger partial charge in [-0.25, -0.2) is 9.97 Å². The molecule has 0 radical (unpaired) electrons. The average Bonchev–Trinajstić information content (AvgIpc) is 3.26. The second-order valence-electron chi connectivity index (χ2n) is 5.22. The fourth-order valence-corrected chi connectivity index (χ4v) is 2.90. The highest BCUT2D eigenvalue weighted by atomic mass is 32.1. The summed E-state index contributed by atoms with van der Waals surface area (Å²) in [6, 6.07) is 1.79. The minimum Gasteiger partial charge on any atom is -0.467 e. The summed E-state index contributed by atoms with van der Waals surface area (Å²) in [5.41, 5.74) is 0.914. The maximum Gasteiger partial charge on any atom is 0.264 e. The molecule has 2 aromatic rings. The van der Waals surface area contributed by atoms with Crippen LogP contribution in [0, 0.1) is 0 Å². The molecule has 0 bridgehead atoms. The number of hydrogen-bond donors (Lipinski definition) is 1. The van der Waals surface area contributed by atoms with Crippen LogP contribution in [0.3, 0.4) is 0 Å². The van der Waals surface area contributed by atoms with Crippen LogP contribution in [0.1, 0.15) is 25.5 Å². The Morgan fingerprint density at radius 1 is 1.39 bits per heavy atom. The third-order valence-corrected chi connectivity index (χ3v) is 4.21. The van der Waals surface area contributed by atoms with E-state index in [0.717, 1.165) is 38.0 Å². The highest BCUT2D eigenvalue weighted by Crippen LogP contribution is 2.20. The number of nitrogens with zero attached hydrogens (tertiary/aromatic N) is 4. The van der Waals surface area contributed by atoms with Crippen molar-refractivity contribution < 1.29 is 9.53 Å². The predicted octanol–water partition coefficient (Wildman–Crippen LogP) is 2.11. The zero-order valence-electron chi connectivity index (χ0n) is 13.0. The monoisotopic (exact) mass is 333 g/mol. The van der Waals surface area contributed by atoms with Crippen molar-refractivity contribution in [3.63, 3.8) is 0 Å². The molecule has 7 nitrogen and oxygen atoms in total. The van der Waals surface area contributed by atoms with Gasteiger partial charge in [-0.05, 0) is 19.3 Å². The molecule has 23 heavy (non-hydrogen) atoms. The zero-order valence-corrected chi connectivity index (χ0v) is 13.8. The minimum absolute atomic E-state index is 0.0980. The fourth-order valence-electron chi connectivity index (χ4n) is 2.35. The molecule has 0 unspecified atom stereocenters. The molecule has 3 heterocycles. The number of rotatable bonds is 6. The topological polar surface area (TPSA) is 80.2 Å². The molecule has 0 aliphatic carbocycles. The van der Waals surface area contributed by atoms with Crippen molar-refractivity contribution in [1.29, 1.82) is 0 Å². The van der Waals surface area contributed by atoms with Gasteiger partial charge in [-0.2, -0.15) is 4.98 Å². The summed E-state index contributed by atoms with van der Waals surface area (Å²) in [5.74, 6) is 0.879. The van der Waals surface area contributed by atoms with Gasteiger partial charge in [0.05, 0.1) is 0 Å². The summed E-state index contributed by atoms with van der Waals surface area (Å²) in [7, 11) is 0. The molecule has 0 spiro atoms. The lowest BCUT2D eigenvalue weighted by atomic mass is 10.3. The van der Waals surface area contributed by atoms with Crippen LogP contribution in [-0.2, 0) is 11.2 Å². The van der Waals surface area contributed by atoms with E-state index >= 15 is 0 Å². The number of amides is 1. The van der Waals surface area contributed by atoms with E-state index in [-0.39, 0.29) is 12.5 Å². The molecular formula is C15H19N5O2S. The highest BCUT2D eigenvalue weighted by molar-refractivity contribution is 7.13. The molecular weight excluding hydrogens is 314 g/mol. The summed E-state index contributed by atoms with van der Waals surface area (Å²) >= 11 is 1.37. The number of anilines is 2. The van der Waals surface area contributed by atoms with Crippen LogP contribution in [0.25, 0.3) is 0 Å². The summed E-state index contributed by atoms with van der Waals surface area (Å²) in [5, 5.41) is 5.05. The number of carbonyl (C=O) groups is 1. The number of thiazole rings is 1. The van der Waals surface area contributed by atoms with Crippen molar-refractivity contribution in [2.24, 2.45) is 0 Å². The Labute approximate surface area is 138 Å². The smallest absolute Gasteiger partial charge is 0.264 e. The zero-order chi connectivity index (χ0) is 16.1. The van der Waals surface area contributed by atoms with Gasteiger partial charge >= 0.3 is 0 Å². The fraction of sp³-hybridized carbons (Fsp3) is 0.467. The van der Waals surface area contributed by atoms with Crippen molar-refractivity contribution in [1.82, 2.24) is 15.0 Å². The van der Waals surface area contributed by atoms with Crippen molar-refractivity contribution in [3.05, 3.63) is 23.3 Å². The van der Waals surface area contributed by atoms with E-state index < -0.39 is 0 Å². The molecule has 0 saturated carbocycles. The first-order chi connectivity index (χ1) is 11.2. The maximum absolute atomic E-state index is 11.9. The average molecular weight is 333 g/mol. The molecule has 2 aromatic heterocycles. The Morgan fingerprint density at radius 3 is 2.91 bits per heavy atom. The molecule has 122 valence electrons. The van der Waals surface area contributed by atoms with Crippen LogP contribution in [0.2, 0.25) is 0 Å². The number of hydrogen-bond acceptors (Lipinski definition) is 7. The van der Waals surface area contributed by atoms with Gasteiger partial charge in [0.25, 0.3) is 5.91 Å². The van der Waals surface area contributed by atoms with Gasteiger partial charge in [-0.3, -0.25) is 10.1 Å². The van der Waals surface area contributed by atoms with Crippen molar-refractivity contribution in [3.8, 4) is 5.88 Å². The Balaban J connectivity index is 1.64. The molecule has 1 aliphatic heterocycles. The molecule has 8 heteroatoms. The first-order valence-electron chi connectivity index (χ1n) is 7.69. The summed E-state index contributed by atoms with van der Waals surface area (Å²) < 4.78 is 5.55. The van der Waals surface area contributed by atoms with Gasteiger partial charge in [-0.15, -0.1) is 11.3 Å². The lowest BCUT2D eigenvalue weighted by Gasteiger charge is -2.17. The number of ether oxygens (including phenoxy) is 1. The first kappa shape index (κ1) is 15.7. The maximum atomic E-state index is 11.9. The van der Waals surface area contributed by atoms with E-state index in [1.807, 2.05) is 6.92 Å². The quantitative estimate of drug-likeness (QED) is 0.872. The van der Waals surface area contributed by atoms with E-state index in [1.165, 1.54) is 11.3 Å². The number of carbonyl (C=O) groups excluding carboxylic acids is 1. The first-order valence-corrected chi connectivity index (χ1v) is 8.57. The van der Waals surface area contributed by atoms with Crippen molar-refractivity contribution >= 4 is 28.3 Å². The Morgan fingerprint density at radius 2 is 2.22 bits per heavy atom. The molecule has 1 amide bonds. The van der Waals surface area contributed by atoms with E-state index in [9.17, 15) is 4.79 Å². The second kappa shape index (κ2) is 7.36. The molecule has 0 aromatic carbocycles. The SMILES string of the molecule is CCc1cc(OCC(=O)Nc2nccs2)nc(N2CCCC2)n1. The summed E-state index contributed by atoms with van der Waals surface area (Å²) in [4.78, 5) is 27.0. The molecule has 0 atom stereocenters. The van der Waals surface area contributed by atoms with E-state index in [0.29, 0.717) is 17.0 Å². The van der Waals surface area contributed by atoms with E-state index in [2.05, 4.69) is 25.2 Å². The normalized spacial score (nSPS) is 14.0. The third kappa shape index (κ3) is 4.16. The van der Waals surface area contributed by atoms with Crippen LogP contribution < -0.4 is 15.0 Å². The van der Waals surface area contributed by atoms with Gasteiger partial charge in [0.2, 0.25) is 11.8 Å². The van der Waals surface area contributed by atoms with Gasteiger partial charge < -0.3 is 9.64 Å². The summed E-state index contributed by atoms with van der Waals surface area (Å²) in [6.45, 7) is 3.88. The van der Waals surface area contributed by atoms with Crippen LogP contribution >= 0.6 is 11.3 Å². The number of aromatic nitrogens is 3. The van der Waals surface area contributed by atoms with Crippen LogP contribution in [0.15, 0.2) is 17.6 Å². The highest BCUT2D eigenvalue weighted by Gasteiger charge is 2.17.